The number of hydrogen-bond acceptors (Lipinski definition) is 3. The summed E-state index contributed by atoms with van der Waals surface area (Å²) in [6.07, 6.45) is 1.72. The second-order valence-electron chi connectivity index (χ2n) is 6.38. The number of aryl methyl sites for hydroxylation is 2. The average Bonchev–Trinajstić information content (AvgIpc) is 2.70. The van der Waals surface area contributed by atoms with Gasteiger partial charge in [0.1, 0.15) is 0 Å². The van der Waals surface area contributed by atoms with Crippen LogP contribution in [0.1, 0.15) is 22.3 Å². The Morgan fingerprint density at radius 1 is 0.889 bits per heavy atom. The van der Waals surface area contributed by atoms with Crippen LogP contribution in [-0.4, -0.2) is 11.4 Å². The molecule has 0 fully saturated rings. The zero-order chi connectivity index (χ0) is 19.1. The van der Waals surface area contributed by atoms with Gasteiger partial charge in [-0.15, -0.1) is 5.10 Å². The van der Waals surface area contributed by atoms with Gasteiger partial charge in [0.25, 0.3) is 0 Å². The van der Waals surface area contributed by atoms with Crippen LogP contribution in [0, 0.1) is 13.8 Å². The molecule has 3 rings (SSSR count). The van der Waals surface area contributed by atoms with Crippen molar-refractivity contribution in [1.29, 1.82) is 0 Å². The van der Waals surface area contributed by atoms with Gasteiger partial charge in [-0.05, 0) is 47.2 Å². The molecule has 0 aliphatic rings. The first kappa shape index (κ1) is 18.9. The van der Waals surface area contributed by atoms with Gasteiger partial charge in [0.2, 0.25) is 0 Å². The highest BCUT2D eigenvalue weighted by atomic mass is 32.2. The highest BCUT2D eigenvalue weighted by Crippen LogP contribution is 2.22. The summed E-state index contributed by atoms with van der Waals surface area (Å²) in [5.41, 5.74) is 13.1. The van der Waals surface area contributed by atoms with E-state index in [2.05, 4.69) is 66.5 Å². The Hall–Kier alpha value is -2.85. The molecule has 136 valence electrons. The minimum Gasteiger partial charge on any atom is -0.377 e. The molecule has 3 aromatic rings. The average molecular weight is 374 g/mol. The van der Waals surface area contributed by atoms with Gasteiger partial charge >= 0.3 is 0 Å². The van der Waals surface area contributed by atoms with Gasteiger partial charge in [-0.2, -0.15) is 5.10 Å². The van der Waals surface area contributed by atoms with E-state index < -0.39 is 0 Å². The number of thioether (sulfide) groups is 1. The van der Waals surface area contributed by atoms with Crippen molar-refractivity contribution >= 4 is 23.1 Å². The fraction of sp³-hybridized carbons (Fsp3) is 0.130. The molecule has 0 bridgehead atoms. The SMILES string of the molecule is Cc1ccc(-c2ccc(C=NN=C(N)SCc3ccccc3)cc2)cc1C. The summed E-state index contributed by atoms with van der Waals surface area (Å²) in [5, 5.41) is 8.62. The molecule has 0 unspecified atom stereocenters. The Morgan fingerprint density at radius 2 is 1.59 bits per heavy atom. The van der Waals surface area contributed by atoms with Crippen LogP contribution in [0.2, 0.25) is 0 Å². The van der Waals surface area contributed by atoms with Crippen molar-refractivity contribution in [1.82, 2.24) is 0 Å². The fourth-order valence-electron chi connectivity index (χ4n) is 2.60. The van der Waals surface area contributed by atoms with E-state index >= 15 is 0 Å². The summed E-state index contributed by atoms with van der Waals surface area (Å²) in [6, 6.07) is 25.0. The van der Waals surface area contributed by atoms with Gasteiger partial charge in [0.05, 0.1) is 6.21 Å². The molecule has 0 amide bonds. The number of benzene rings is 3. The van der Waals surface area contributed by atoms with E-state index in [1.165, 1.54) is 39.6 Å². The molecule has 0 saturated heterocycles. The molecule has 3 aromatic carbocycles. The zero-order valence-corrected chi connectivity index (χ0v) is 16.4. The summed E-state index contributed by atoms with van der Waals surface area (Å²) < 4.78 is 0. The van der Waals surface area contributed by atoms with Crippen LogP contribution in [0.5, 0.6) is 0 Å². The van der Waals surface area contributed by atoms with Crippen LogP contribution in [0.25, 0.3) is 11.1 Å². The quantitative estimate of drug-likeness (QED) is 0.362. The summed E-state index contributed by atoms with van der Waals surface area (Å²) >= 11 is 1.48. The molecule has 0 heterocycles. The van der Waals surface area contributed by atoms with Gasteiger partial charge in [0.15, 0.2) is 5.17 Å². The van der Waals surface area contributed by atoms with Gasteiger partial charge in [-0.25, -0.2) is 0 Å². The second kappa shape index (κ2) is 9.19. The molecule has 2 N–H and O–H groups in total. The van der Waals surface area contributed by atoms with Crippen molar-refractivity contribution < 1.29 is 0 Å². The summed E-state index contributed by atoms with van der Waals surface area (Å²) in [5.74, 6) is 0.788. The largest absolute Gasteiger partial charge is 0.377 e. The fourth-order valence-corrected chi connectivity index (χ4v) is 3.21. The maximum atomic E-state index is 5.91. The predicted octanol–water partition coefficient (Wildman–Crippen LogP) is 5.55. The van der Waals surface area contributed by atoms with Crippen LogP contribution >= 0.6 is 11.8 Å². The molecular formula is C23H23N3S. The third kappa shape index (κ3) is 5.56. The maximum Gasteiger partial charge on any atom is 0.180 e. The van der Waals surface area contributed by atoms with Crippen molar-refractivity contribution in [2.45, 2.75) is 19.6 Å². The van der Waals surface area contributed by atoms with Crippen molar-refractivity contribution in [2.75, 3.05) is 0 Å². The van der Waals surface area contributed by atoms with Crippen LogP contribution in [-0.2, 0) is 5.75 Å². The lowest BCUT2D eigenvalue weighted by atomic mass is 10.00. The van der Waals surface area contributed by atoms with E-state index in [0.717, 1.165) is 11.3 Å². The third-order valence-corrected chi connectivity index (χ3v) is 5.20. The predicted molar refractivity (Wildman–Crippen MR) is 118 cm³/mol. The van der Waals surface area contributed by atoms with E-state index in [-0.39, 0.29) is 0 Å². The van der Waals surface area contributed by atoms with Gasteiger partial charge in [0, 0.05) is 5.75 Å². The zero-order valence-electron chi connectivity index (χ0n) is 15.6. The molecule has 0 aliphatic carbocycles. The molecule has 27 heavy (non-hydrogen) atoms. The van der Waals surface area contributed by atoms with Gasteiger partial charge < -0.3 is 5.73 Å². The summed E-state index contributed by atoms with van der Waals surface area (Å²) in [7, 11) is 0. The Balaban J connectivity index is 1.59. The molecule has 0 saturated carbocycles. The first-order valence-electron chi connectivity index (χ1n) is 8.83. The summed E-state index contributed by atoms with van der Waals surface area (Å²) in [6.45, 7) is 4.26. The highest BCUT2D eigenvalue weighted by molar-refractivity contribution is 8.13. The smallest absolute Gasteiger partial charge is 0.180 e. The number of hydrogen-bond donors (Lipinski definition) is 1. The molecule has 0 aromatic heterocycles. The number of nitrogens with zero attached hydrogens (tertiary/aromatic N) is 2. The Morgan fingerprint density at radius 3 is 2.30 bits per heavy atom. The van der Waals surface area contributed by atoms with Crippen LogP contribution in [0.4, 0.5) is 0 Å². The summed E-state index contributed by atoms with van der Waals surface area (Å²) in [4.78, 5) is 0. The maximum absolute atomic E-state index is 5.91. The Labute approximate surface area is 165 Å². The van der Waals surface area contributed by atoms with E-state index in [4.69, 9.17) is 5.73 Å². The lowest BCUT2D eigenvalue weighted by molar-refractivity contribution is 1.25. The topological polar surface area (TPSA) is 50.7 Å². The lowest BCUT2D eigenvalue weighted by Crippen LogP contribution is -2.05. The van der Waals surface area contributed by atoms with Crippen LogP contribution < -0.4 is 5.73 Å². The Kier molecular flexibility index (Phi) is 6.44. The first-order chi connectivity index (χ1) is 13.1. The number of rotatable bonds is 5. The monoisotopic (exact) mass is 373 g/mol. The minimum atomic E-state index is 0.460. The molecular weight excluding hydrogens is 350 g/mol. The molecule has 3 nitrogen and oxygen atoms in total. The molecule has 0 radical (unpaired) electrons. The van der Waals surface area contributed by atoms with E-state index in [9.17, 15) is 0 Å². The molecule has 0 aliphatic heterocycles. The number of nitrogens with two attached hydrogens (primary N) is 1. The normalized spacial score (nSPS) is 11.9. The van der Waals surface area contributed by atoms with Crippen LogP contribution in [0.15, 0.2) is 83.0 Å². The van der Waals surface area contributed by atoms with Crippen molar-refractivity contribution in [2.24, 2.45) is 15.9 Å². The Bertz CT molecular complexity index is 945. The van der Waals surface area contributed by atoms with E-state index in [0.29, 0.717) is 5.17 Å². The number of amidine groups is 1. The van der Waals surface area contributed by atoms with Crippen molar-refractivity contribution in [3.05, 3.63) is 95.1 Å². The third-order valence-electron chi connectivity index (χ3n) is 4.34. The minimum absolute atomic E-state index is 0.460. The van der Waals surface area contributed by atoms with E-state index in [1.807, 2.05) is 30.3 Å². The first-order valence-corrected chi connectivity index (χ1v) is 9.81. The standard InChI is InChI=1S/C23H23N3S/c1-17-8-11-22(14-18(17)2)21-12-9-19(10-13-21)15-25-26-23(24)27-16-20-6-4-3-5-7-20/h3-15H,16H2,1-2H3,(H2,24,26). The molecule has 4 heteroatoms. The van der Waals surface area contributed by atoms with Crippen molar-refractivity contribution in [3.8, 4) is 11.1 Å². The molecule has 0 spiro atoms. The lowest BCUT2D eigenvalue weighted by Gasteiger charge is -2.05. The molecule has 0 atom stereocenters. The second-order valence-corrected chi connectivity index (χ2v) is 7.37. The van der Waals surface area contributed by atoms with Gasteiger partial charge in [-0.3, -0.25) is 0 Å². The van der Waals surface area contributed by atoms with Gasteiger partial charge in [-0.1, -0.05) is 84.6 Å². The van der Waals surface area contributed by atoms with E-state index in [1.54, 1.807) is 6.21 Å². The van der Waals surface area contributed by atoms with Crippen molar-refractivity contribution in [3.63, 3.8) is 0 Å². The van der Waals surface area contributed by atoms with Crippen LogP contribution in [0.3, 0.4) is 0 Å². The highest BCUT2D eigenvalue weighted by Gasteiger charge is 2.00.